The first-order valence-corrected chi connectivity index (χ1v) is 14.2. The number of hydrogen-bond donors (Lipinski definition) is 0. The summed E-state index contributed by atoms with van der Waals surface area (Å²) in [5.74, 6) is 6.13. The van der Waals surface area contributed by atoms with Crippen LogP contribution in [0, 0.1) is 50.4 Å². The second kappa shape index (κ2) is 10.3. The fraction of sp³-hybridized carbons (Fsp3) is 0.917. The summed E-state index contributed by atoms with van der Waals surface area (Å²) in [4.78, 5) is 5.65. The maximum absolute atomic E-state index is 5.65. The molecule has 0 aromatic heterocycles. The molecule has 0 aliphatic heterocycles. The first kappa shape index (κ1) is 25.9. The summed E-state index contributed by atoms with van der Waals surface area (Å²) in [7, 11) is -1.49. The van der Waals surface area contributed by atoms with Crippen molar-refractivity contribution < 1.29 is 21.7 Å². The van der Waals surface area contributed by atoms with Gasteiger partial charge in [0.05, 0.1) is 0 Å². The summed E-state index contributed by atoms with van der Waals surface area (Å²) in [6.45, 7) is 10.5. The molecule has 0 spiro atoms. The summed E-state index contributed by atoms with van der Waals surface area (Å²) in [6, 6.07) is 0.727. The molecule has 0 heterocycles. The Balaban J connectivity index is 0.00000121. The molecule has 1 radical (unpaired) electrons. The molecule has 4 rings (SSSR count). The van der Waals surface area contributed by atoms with Gasteiger partial charge in [-0.2, -0.15) is 0 Å². The second-order valence-corrected chi connectivity index (χ2v) is 14.8. The third kappa shape index (κ3) is 4.97. The van der Waals surface area contributed by atoms with Gasteiger partial charge in [-0.3, -0.25) is 0 Å². The topological polar surface area (TPSA) is 14.1 Å². The molecule has 4 saturated carbocycles. The van der Waals surface area contributed by atoms with E-state index in [2.05, 4.69) is 26.9 Å². The number of hydrogen-bond acceptors (Lipinski definition) is 0. The largest absolute Gasteiger partial charge is 3.00 e. The number of fused-ring (bicyclic) bond motifs is 2. The van der Waals surface area contributed by atoms with Gasteiger partial charge in [0.1, 0.15) is 0 Å². The normalized spacial score (nSPS) is 41.6. The Labute approximate surface area is 187 Å². The summed E-state index contributed by atoms with van der Waals surface area (Å²) >= 11 is 0. The van der Waals surface area contributed by atoms with Gasteiger partial charge >= 0.3 is 21.7 Å². The van der Waals surface area contributed by atoms with Gasteiger partial charge in [-0.05, 0) is 48.3 Å². The summed E-state index contributed by atoms with van der Waals surface area (Å²) < 4.78 is 0. The van der Waals surface area contributed by atoms with Crippen LogP contribution >= 0.6 is 0 Å². The average Bonchev–Trinajstić information content (AvgIpc) is 3.09. The van der Waals surface area contributed by atoms with Crippen molar-refractivity contribution in [2.45, 2.75) is 103 Å². The molecular weight excluding hydrogens is 378 g/mol. The van der Waals surface area contributed by atoms with Crippen LogP contribution in [0.4, 0.5) is 0 Å². The Kier molecular flexibility index (Phi) is 9.86. The average molecular weight is 425 g/mol. The maximum atomic E-state index is 5.65. The van der Waals surface area contributed by atoms with Gasteiger partial charge in [-0.1, -0.05) is 92.1 Å². The number of nitrogens with zero attached hydrogens (tertiary/aromatic N) is 1. The monoisotopic (exact) mass is 424 g/mol. The molecule has 4 aliphatic carbocycles. The third-order valence-electron chi connectivity index (χ3n) is 8.95. The zero-order valence-corrected chi connectivity index (χ0v) is 21.7. The molecular formula is C24H46NSiTi. The van der Waals surface area contributed by atoms with Crippen molar-refractivity contribution in [2.75, 3.05) is 0 Å². The SMILES string of the molecule is CC1C(C)C([Si](C)(C)[N-]C2CCCCC2)C2CC3CCCC3CC12.[CH3-].[CH3-].[Ti+3]. The zero-order valence-electron chi connectivity index (χ0n) is 19.1. The molecule has 0 aromatic carbocycles. The van der Waals surface area contributed by atoms with Crippen LogP contribution in [0.5, 0.6) is 0 Å². The molecule has 27 heavy (non-hydrogen) atoms. The van der Waals surface area contributed by atoms with Gasteiger partial charge in [0.2, 0.25) is 0 Å². The summed E-state index contributed by atoms with van der Waals surface area (Å²) in [6.07, 6.45) is 14.9. The van der Waals surface area contributed by atoms with Gasteiger partial charge in [-0.15, -0.1) is 6.04 Å². The Morgan fingerprint density at radius 3 is 1.85 bits per heavy atom. The second-order valence-electron chi connectivity index (χ2n) is 10.6. The fourth-order valence-corrected chi connectivity index (χ4v) is 12.2. The Bertz CT molecular complexity index is 448. The molecule has 0 aromatic rings. The quantitative estimate of drug-likeness (QED) is 0.323. The zero-order chi connectivity index (χ0) is 16.9. The molecule has 155 valence electrons. The Hall–Kier alpha value is 0.891. The van der Waals surface area contributed by atoms with E-state index in [4.69, 9.17) is 4.98 Å². The molecule has 0 amide bonds. The predicted octanol–water partition coefficient (Wildman–Crippen LogP) is 7.89. The third-order valence-corrected chi connectivity index (χ3v) is 12.6. The van der Waals surface area contributed by atoms with Crippen LogP contribution in [-0.4, -0.2) is 14.3 Å². The van der Waals surface area contributed by atoms with E-state index in [0.717, 1.165) is 47.1 Å². The van der Waals surface area contributed by atoms with Crippen LogP contribution in [0.3, 0.4) is 0 Å². The smallest absolute Gasteiger partial charge is 0.662 e. The van der Waals surface area contributed by atoms with Crippen LogP contribution in [-0.2, 0) is 21.7 Å². The van der Waals surface area contributed by atoms with Crippen molar-refractivity contribution in [3.63, 3.8) is 0 Å². The first-order chi connectivity index (χ1) is 11.5. The molecule has 7 atom stereocenters. The van der Waals surface area contributed by atoms with E-state index in [-0.39, 0.29) is 36.6 Å². The Morgan fingerprint density at radius 1 is 0.704 bits per heavy atom. The minimum absolute atomic E-state index is 0. The van der Waals surface area contributed by atoms with Crippen molar-refractivity contribution in [1.82, 2.24) is 0 Å². The summed E-state index contributed by atoms with van der Waals surface area (Å²) in [5, 5.41) is 0. The fourth-order valence-electron chi connectivity index (χ4n) is 7.84. The van der Waals surface area contributed by atoms with E-state index < -0.39 is 8.24 Å². The molecule has 0 bridgehead atoms. The molecule has 7 unspecified atom stereocenters. The molecule has 0 saturated heterocycles. The van der Waals surface area contributed by atoms with Crippen molar-refractivity contribution in [1.29, 1.82) is 0 Å². The molecule has 4 aliphatic rings. The van der Waals surface area contributed by atoms with E-state index in [1.54, 1.807) is 25.7 Å². The van der Waals surface area contributed by atoms with Crippen LogP contribution < -0.4 is 0 Å². The summed E-state index contributed by atoms with van der Waals surface area (Å²) in [5.41, 5.74) is 0.973. The van der Waals surface area contributed by atoms with E-state index in [0.29, 0.717) is 0 Å². The van der Waals surface area contributed by atoms with Crippen molar-refractivity contribution in [3.05, 3.63) is 19.8 Å². The molecule has 1 nitrogen and oxygen atoms in total. The first-order valence-electron chi connectivity index (χ1n) is 11.2. The van der Waals surface area contributed by atoms with E-state index in [1.807, 2.05) is 0 Å². The van der Waals surface area contributed by atoms with Gasteiger partial charge in [0.25, 0.3) is 0 Å². The van der Waals surface area contributed by atoms with Crippen LogP contribution in [0.2, 0.25) is 18.6 Å². The minimum Gasteiger partial charge on any atom is -0.662 e. The van der Waals surface area contributed by atoms with E-state index in [9.17, 15) is 0 Å². The standard InChI is InChI=1S/C22H40NSi.2CH3.Ti/c1-15-16(2)22(24(3,4)23-19-11-6-5-7-12-19)21-14-18-10-8-9-17(18)13-20(15)21;;;/h15-22H,5-14H2,1-4H3;2*1H3;/q3*-1;+3. The van der Waals surface area contributed by atoms with Crippen LogP contribution in [0.1, 0.15) is 78.1 Å². The molecule has 3 heteroatoms. The van der Waals surface area contributed by atoms with Gasteiger partial charge in [0, 0.05) is 0 Å². The minimum atomic E-state index is -1.49. The van der Waals surface area contributed by atoms with Crippen molar-refractivity contribution in [3.8, 4) is 0 Å². The van der Waals surface area contributed by atoms with Crippen molar-refractivity contribution >= 4 is 8.24 Å². The van der Waals surface area contributed by atoms with Crippen LogP contribution in [0.25, 0.3) is 4.98 Å². The van der Waals surface area contributed by atoms with E-state index >= 15 is 0 Å². The molecule has 0 N–H and O–H groups in total. The number of rotatable bonds is 3. The van der Waals surface area contributed by atoms with Crippen LogP contribution in [0.15, 0.2) is 0 Å². The van der Waals surface area contributed by atoms with Crippen molar-refractivity contribution in [2.24, 2.45) is 35.5 Å². The van der Waals surface area contributed by atoms with Gasteiger partial charge < -0.3 is 19.8 Å². The van der Waals surface area contributed by atoms with Gasteiger partial charge in [-0.25, -0.2) is 0 Å². The molecule has 4 fully saturated rings. The maximum Gasteiger partial charge on any atom is 3.00 e. The van der Waals surface area contributed by atoms with Gasteiger partial charge in [0.15, 0.2) is 0 Å². The van der Waals surface area contributed by atoms with E-state index in [1.165, 1.54) is 38.5 Å². The predicted molar refractivity (Wildman–Crippen MR) is 120 cm³/mol. The Morgan fingerprint density at radius 2 is 1.26 bits per heavy atom.